The number of thiophene rings is 1. The van der Waals surface area contributed by atoms with Crippen molar-refractivity contribution >= 4 is 27.6 Å². The monoisotopic (exact) mass is 641 g/mol. The van der Waals surface area contributed by atoms with E-state index in [4.69, 9.17) is 9.47 Å². The molecule has 3 aromatic heterocycles. The van der Waals surface area contributed by atoms with E-state index in [1.54, 1.807) is 22.9 Å². The fraction of sp³-hybridized carbons (Fsp3) is 0.371. The number of fused-ring (bicyclic) bond motifs is 1. The number of benzene rings is 2. The maximum absolute atomic E-state index is 14.3. The van der Waals surface area contributed by atoms with Crippen molar-refractivity contribution in [2.24, 2.45) is 0 Å². The van der Waals surface area contributed by atoms with Gasteiger partial charge in [-0.25, -0.2) is 19.1 Å². The Morgan fingerprint density at radius 1 is 1.09 bits per heavy atom. The van der Waals surface area contributed by atoms with Gasteiger partial charge in [-0.15, -0.1) is 11.3 Å². The number of aryl methyl sites for hydroxylation is 3. The molecule has 0 radical (unpaired) electrons. The van der Waals surface area contributed by atoms with E-state index in [-0.39, 0.29) is 18.1 Å². The van der Waals surface area contributed by atoms with Gasteiger partial charge in [0.05, 0.1) is 41.9 Å². The van der Waals surface area contributed by atoms with Gasteiger partial charge in [0.25, 0.3) is 5.56 Å². The average Bonchev–Trinajstić information content (AvgIpc) is 3.58. The van der Waals surface area contributed by atoms with E-state index in [9.17, 15) is 14.4 Å². The van der Waals surface area contributed by atoms with Crippen LogP contribution < -0.4 is 16.0 Å². The van der Waals surface area contributed by atoms with Gasteiger partial charge in [-0.1, -0.05) is 25.1 Å². The summed E-state index contributed by atoms with van der Waals surface area (Å²) in [5.74, 6) is 0.653. The highest BCUT2D eigenvalue weighted by atomic mass is 32.1. The second kappa shape index (κ2) is 11.9. The molecule has 11 heteroatoms. The molecule has 2 aromatic carbocycles. The lowest BCUT2D eigenvalue weighted by Gasteiger charge is -2.41. The van der Waals surface area contributed by atoms with E-state index in [0.717, 1.165) is 45.8 Å². The molecule has 1 unspecified atom stereocenters. The van der Waals surface area contributed by atoms with Crippen LogP contribution in [0.2, 0.25) is 0 Å². The minimum absolute atomic E-state index is 0.240. The van der Waals surface area contributed by atoms with Crippen molar-refractivity contribution in [2.45, 2.75) is 72.6 Å². The molecule has 0 spiro atoms. The number of imidazole rings is 1. The zero-order chi connectivity index (χ0) is 32.9. The van der Waals surface area contributed by atoms with Crippen molar-refractivity contribution in [1.82, 2.24) is 23.6 Å². The van der Waals surface area contributed by atoms with Gasteiger partial charge >= 0.3 is 11.8 Å². The minimum Gasteiger partial charge on any atom is -0.495 e. The molecule has 0 aliphatic carbocycles. The van der Waals surface area contributed by atoms with Crippen LogP contribution in [0.4, 0.5) is 4.79 Å². The van der Waals surface area contributed by atoms with Crippen LogP contribution in [0.1, 0.15) is 50.9 Å². The minimum atomic E-state index is -0.633. The van der Waals surface area contributed by atoms with Crippen molar-refractivity contribution in [3.8, 4) is 27.6 Å². The predicted octanol–water partition coefficient (Wildman–Crippen LogP) is 6.26. The molecule has 0 N–H and O–H groups in total. The Labute approximate surface area is 271 Å². The van der Waals surface area contributed by atoms with Crippen molar-refractivity contribution < 1.29 is 14.3 Å². The number of carbonyl (C=O) groups is 1. The Balaban J connectivity index is 1.51. The summed E-state index contributed by atoms with van der Waals surface area (Å²) >= 11 is 1.40. The number of likely N-dealkylation sites (tertiary alicyclic amines) is 1. The molecule has 1 fully saturated rings. The molecule has 1 aliphatic heterocycles. The van der Waals surface area contributed by atoms with Gasteiger partial charge in [-0.2, -0.15) is 0 Å². The van der Waals surface area contributed by atoms with Crippen LogP contribution in [0.5, 0.6) is 5.75 Å². The van der Waals surface area contributed by atoms with Crippen LogP contribution in [-0.2, 0) is 17.7 Å². The number of ether oxygens (including phenoxy) is 2. The highest BCUT2D eigenvalue weighted by molar-refractivity contribution is 7.22. The lowest BCUT2D eigenvalue weighted by Crippen LogP contribution is -2.55. The summed E-state index contributed by atoms with van der Waals surface area (Å²) in [6.45, 7) is 12.2. The first-order valence-electron chi connectivity index (χ1n) is 15.5. The number of hydrogen-bond acceptors (Lipinski definition) is 7. The Hall–Kier alpha value is -4.64. The molecule has 10 nitrogen and oxygen atoms in total. The highest BCUT2D eigenvalue weighted by Crippen LogP contribution is 2.39. The molecule has 0 saturated carbocycles. The first-order chi connectivity index (χ1) is 21.9. The van der Waals surface area contributed by atoms with E-state index >= 15 is 0 Å². The fourth-order valence-corrected chi connectivity index (χ4v) is 7.18. The number of carbonyl (C=O) groups excluding carboxylic acids is 1. The van der Waals surface area contributed by atoms with E-state index in [1.807, 2.05) is 87.8 Å². The van der Waals surface area contributed by atoms with Crippen LogP contribution in [0.15, 0.2) is 64.6 Å². The molecule has 4 heterocycles. The largest absolute Gasteiger partial charge is 0.495 e. The van der Waals surface area contributed by atoms with Gasteiger partial charge in [0, 0.05) is 24.2 Å². The highest BCUT2D eigenvalue weighted by Gasteiger charge is 2.36. The summed E-state index contributed by atoms with van der Waals surface area (Å²) in [6.07, 6.45) is 4.83. The van der Waals surface area contributed by atoms with Crippen LogP contribution in [0.3, 0.4) is 0 Å². The third-order valence-corrected chi connectivity index (χ3v) is 9.78. The molecule has 1 aliphatic rings. The van der Waals surface area contributed by atoms with Gasteiger partial charge in [0.1, 0.15) is 16.2 Å². The number of amides is 1. The number of hydrogen-bond donors (Lipinski definition) is 0. The van der Waals surface area contributed by atoms with Crippen LogP contribution in [-0.4, -0.2) is 55.0 Å². The molecule has 1 saturated heterocycles. The van der Waals surface area contributed by atoms with Crippen LogP contribution >= 0.6 is 11.3 Å². The lowest BCUT2D eigenvalue weighted by molar-refractivity contribution is -0.00826. The summed E-state index contributed by atoms with van der Waals surface area (Å²) in [5, 5.41) is 0.482. The maximum atomic E-state index is 14.3. The van der Waals surface area contributed by atoms with Crippen molar-refractivity contribution in [3.63, 3.8) is 0 Å². The molecule has 5 aromatic rings. The second-order valence-electron chi connectivity index (χ2n) is 12.7. The van der Waals surface area contributed by atoms with Gasteiger partial charge in [-0.05, 0) is 88.4 Å². The van der Waals surface area contributed by atoms with Gasteiger partial charge in [0.15, 0.2) is 0 Å². The number of methoxy groups -OCH3 is 1. The molecule has 1 atom stereocenters. The number of aromatic nitrogens is 4. The summed E-state index contributed by atoms with van der Waals surface area (Å²) in [6, 6.07) is 13.2. The SMILES string of the molecule is CCc1ccc(-n2c(=O)c3c(C)c(-c4ccc(-n5cnc(C)c5)c(OC)c4)sc3n(CC3CCN3C(=O)OC(C)(C)C)c2=O)cc1. The molecule has 46 heavy (non-hydrogen) atoms. The maximum Gasteiger partial charge on any atom is 0.410 e. The molecule has 240 valence electrons. The van der Waals surface area contributed by atoms with Gasteiger partial charge < -0.3 is 18.9 Å². The number of nitrogens with zero attached hydrogens (tertiary/aromatic N) is 5. The Morgan fingerprint density at radius 2 is 1.83 bits per heavy atom. The average molecular weight is 642 g/mol. The van der Waals surface area contributed by atoms with Crippen molar-refractivity contribution in [1.29, 1.82) is 0 Å². The van der Waals surface area contributed by atoms with Crippen LogP contribution in [0.25, 0.3) is 32.0 Å². The summed E-state index contributed by atoms with van der Waals surface area (Å²) in [7, 11) is 1.62. The van der Waals surface area contributed by atoms with E-state index in [2.05, 4.69) is 11.9 Å². The molecular weight excluding hydrogens is 602 g/mol. The van der Waals surface area contributed by atoms with E-state index in [0.29, 0.717) is 28.2 Å². The standard InChI is InChI=1S/C35H39N5O5S/c1-8-23-9-12-25(13-10-23)40-31(41)29-22(3)30(24-11-14-27(28(17-24)44-7)37-18-21(2)36-20-37)46-32(29)39(33(40)42)19-26-15-16-38(26)34(43)45-35(4,5)6/h9-14,17-18,20,26H,8,15-16,19H2,1-7H3. The Morgan fingerprint density at radius 3 is 2.41 bits per heavy atom. The molecule has 1 amide bonds. The molecule has 6 rings (SSSR count). The predicted molar refractivity (Wildman–Crippen MR) is 181 cm³/mol. The van der Waals surface area contributed by atoms with Crippen molar-refractivity contribution in [2.75, 3.05) is 13.7 Å². The lowest BCUT2D eigenvalue weighted by atomic mass is 10.0. The zero-order valence-electron chi connectivity index (χ0n) is 27.3. The number of rotatable bonds is 7. The third kappa shape index (κ3) is 5.64. The van der Waals surface area contributed by atoms with E-state index in [1.165, 1.54) is 15.9 Å². The topological polar surface area (TPSA) is 101 Å². The van der Waals surface area contributed by atoms with Crippen LogP contribution in [0, 0.1) is 13.8 Å². The summed E-state index contributed by atoms with van der Waals surface area (Å²) in [4.78, 5) is 48.9. The fourth-order valence-electron chi connectivity index (χ4n) is 5.88. The zero-order valence-corrected chi connectivity index (χ0v) is 28.1. The van der Waals surface area contributed by atoms with E-state index < -0.39 is 17.4 Å². The normalized spacial score (nSPS) is 14.8. The first kappa shape index (κ1) is 31.3. The third-order valence-electron chi connectivity index (χ3n) is 8.41. The van der Waals surface area contributed by atoms with Gasteiger partial charge in [0.2, 0.25) is 0 Å². The summed E-state index contributed by atoms with van der Waals surface area (Å²) < 4.78 is 16.2. The smallest absolute Gasteiger partial charge is 0.410 e. The Kier molecular flexibility index (Phi) is 8.14. The first-order valence-corrected chi connectivity index (χ1v) is 16.3. The van der Waals surface area contributed by atoms with Gasteiger partial charge in [-0.3, -0.25) is 9.36 Å². The summed E-state index contributed by atoms with van der Waals surface area (Å²) in [5.41, 5.74) is 3.56. The quantitative estimate of drug-likeness (QED) is 0.208. The molecular formula is C35H39N5O5S. The van der Waals surface area contributed by atoms with Crippen molar-refractivity contribution in [3.05, 3.63) is 92.6 Å². The molecule has 0 bridgehead atoms. The Bertz CT molecular complexity index is 2060. The second-order valence-corrected chi connectivity index (χ2v) is 13.7.